The number of aromatic nitrogens is 2. The summed E-state index contributed by atoms with van der Waals surface area (Å²) in [5, 5.41) is 6.12. The summed E-state index contributed by atoms with van der Waals surface area (Å²) in [5.74, 6) is 0.318. The minimum absolute atomic E-state index is 0.123. The Morgan fingerprint density at radius 2 is 2.12 bits per heavy atom. The van der Waals surface area contributed by atoms with E-state index < -0.39 is 0 Å². The molecule has 1 atom stereocenters. The van der Waals surface area contributed by atoms with Gasteiger partial charge in [-0.25, -0.2) is 9.97 Å². The molecule has 138 valence electrons. The van der Waals surface area contributed by atoms with E-state index in [1.54, 1.807) is 6.07 Å². The molecular formula is C20H26N4O2. The fourth-order valence-corrected chi connectivity index (χ4v) is 3.00. The lowest BCUT2D eigenvalue weighted by Crippen LogP contribution is -2.32. The molecule has 1 aliphatic heterocycles. The van der Waals surface area contributed by atoms with Crippen LogP contribution in [0.3, 0.4) is 0 Å². The van der Waals surface area contributed by atoms with Gasteiger partial charge in [0.1, 0.15) is 5.69 Å². The van der Waals surface area contributed by atoms with Crippen molar-refractivity contribution in [3.8, 4) is 0 Å². The Morgan fingerprint density at radius 3 is 2.88 bits per heavy atom. The molecule has 2 N–H and O–H groups in total. The average molecular weight is 354 g/mol. The van der Waals surface area contributed by atoms with Crippen LogP contribution in [0.25, 0.3) is 0 Å². The second-order valence-electron chi connectivity index (χ2n) is 6.58. The first kappa shape index (κ1) is 18.3. The van der Waals surface area contributed by atoms with Crippen molar-refractivity contribution < 1.29 is 9.53 Å². The summed E-state index contributed by atoms with van der Waals surface area (Å²) in [4.78, 5) is 21.1. The van der Waals surface area contributed by atoms with E-state index in [1.165, 1.54) is 5.56 Å². The summed E-state index contributed by atoms with van der Waals surface area (Å²) in [6, 6.07) is 12.1. The van der Waals surface area contributed by atoms with Gasteiger partial charge < -0.3 is 15.4 Å². The predicted octanol–water partition coefficient (Wildman–Crippen LogP) is 2.74. The quantitative estimate of drug-likeness (QED) is 0.713. The average Bonchev–Trinajstić information content (AvgIpc) is 3.17. The molecule has 0 saturated carbocycles. The second kappa shape index (κ2) is 9.29. The first-order valence-corrected chi connectivity index (χ1v) is 9.24. The van der Waals surface area contributed by atoms with Crippen molar-refractivity contribution in [3.63, 3.8) is 0 Å². The third kappa shape index (κ3) is 5.52. The summed E-state index contributed by atoms with van der Waals surface area (Å²) in [7, 11) is 0. The lowest BCUT2D eigenvalue weighted by molar-refractivity contribution is 0.0853. The fourth-order valence-electron chi connectivity index (χ4n) is 3.00. The van der Waals surface area contributed by atoms with E-state index >= 15 is 0 Å². The van der Waals surface area contributed by atoms with E-state index in [2.05, 4.69) is 32.7 Å². The van der Waals surface area contributed by atoms with Crippen molar-refractivity contribution in [2.24, 2.45) is 0 Å². The van der Waals surface area contributed by atoms with Gasteiger partial charge in [0.05, 0.1) is 6.10 Å². The lowest BCUT2D eigenvalue weighted by Gasteiger charge is -2.11. The summed E-state index contributed by atoms with van der Waals surface area (Å²) in [6.45, 7) is 3.94. The normalized spacial score (nSPS) is 16.4. The molecule has 3 rings (SSSR count). The highest BCUT2D eigenvalue weighted by Crippen LogP contribution is 2.11. The molecule has 1 aliphatic rings. The summed E-state index contributed by atoms with van der Waals surface area (Å²) in [6.07, 6.45) is 4.15. The van der Waals surface area contributed by atoms with Crippen molar-refractivity contribution in [1.82, 2.24) is 15.3 Å². The van der Waals surface area contributed by atoms with Gasteiger partial charge in [-0.15, -0.1) is 0 Å². The van der Waals surface area contributed by atoms with E-state index in [9.17, 15) is 4.79 Å². The van der Waals surface area contributed by atoms with Gasteiger partial charge in [0.2, 0.25) is 5.95 Å². The van der Waals surface area contributed by atoms with Gasteiger partial charge in [-0.2, -0.15) is 0 Å². The molecule has 0 aliphatic carbocycles. The van der Waals surface area contributed by atoms with Crippen LogP contribution in [-0.4, -0.2) is 41.7 Å². The van der Waals surface area contributed by atoms with Crippen LogP contribution >= 0.6 is 0 Å². The number of aryl methyl sites for hydroxylation is 2. The maximum atomic E-state index is 12.3. The molecular weight excluding hydrogens is 328 g/mol. The van der Waals surface area contributed by atoms with Crippen molar-refractivity contribution in [3.05, 3.63) is 53.3 Å². The van der Waals surface area contributed by atoms with Crippen molar-refractivity contribution >= 4 is 11.9 Å². The standard InChI is InChI=1S/C20H26N4O2/c1-15-13-18(19(25)22-14-17-10-6-12-26-17)24-20(23-15)21-11-5-9-16-7-3-2-4-8-16/h2-4,7-8,13,17H,5-6,9-12,14H2,1H3,(H,22,25)(H,21,23,24). The molecule has 26 heavy (non-hydrogen) atoms. The molecule has 1 fully saturated rings. The van der Waals surface area contributed by atoms with E-state index in [1.807, 2.05) is 25.1 Å². The number of rotatable bonds is 8. The van der Waals surface area contributed by atoms with Crippen LogP contribution in [0.2, 0.25) is 0 Å². The Labute approximate surface area is 154 Å². The Kier molecular flexibility index (Phi) is 6.55. The molecule has 0 spiro atoms. The number of hydrogen-bond donors (Lipinski definition) is 2. The number of carbonyl (C=O) groups is 1. The van der Waals surface area contributed by atoms with Gasteiger partial charge in [-0.1, -0.05) is 30.3 Å². The Balaban J connectivity index is 1.49. The van der Waals surface area contributed by atoms with Crippen LogP contribution in [0.4, 0.5) is 5.95 Å². The lowest BCUT2D eigenvalue weighted by atomic mass is 10.1. The topological polar surface area (TPSA) is 76.1 Å². The van der Waals surface area contributed by atoms with Gasteiger partial charge in [-0.3, -0.25) is 4.79 Å². The Bertz CT molecular complexity index is 715. The summed E-state index contributed by atoms with van der Waals surface area (Å²) >= 11 is 0. The zero-order valence-electron chi connectivity index (χ0n) is 15.2. The van der Waals surface area contributed by atoms with Gasteiger partial charge in [0.25, 0.3) is 5.91 Å². The molecule has 1 unspecified atom stereocenters. The predicted molar refractivity (Wildman–Crippen MR) is 101 cm³/mol. The van der Waals surface area contributed by atoms with E-state index in [0.717, 1.165) is 44.5 Å². The highest BCUT2D eigenvalue weighted by Gasteiger charge is 2.17. The third-order valence-electron chi connectivity index (χ3n) is 4.37. The highest BCUT2D eigenvalue weighted by atomic mass is 16.5. The van der Waals surface area contributed by atoms with Crippen LogP contribution in [0, 0.1) is 6.92 Å². The third-order valence-corrected chi connectivity index (χ3v) is 4.37. The second-order valence-corrected chi connectivity index (χ2v) is 6.58. The zero-order valence-corrected chi connectivity index (χ0v) is 15.2. The molecule has 6 nitrogen and oxygen atoms in total. The number of anilines is 1. The van der Waals surface area contributed by atoms with Crippen LogP contribution in [0.15, 0.2) is 36.4 Å². The Morgan fingerprint density at radius 1 is 1.27 bits per heavy atom. The highest BCUT2D eigenvalue weighted by molar-refractivity contribution is 5.92. The van der Waals surface area contributed by atoms with E-state index in [-0.39, 0.29) is 12.0 Å². The maximum absolute atomic E-state index is 12.3. The molecule has 1 amide bonds. The smallest absolute Gasteiger partial charge is 0.270 e. The summed E-state index contributed by atoms with van der Waals surface area (Å²) < 4.78 is 5.53. The molecule has 6 heteroatoms. The number of nitrogens with one attached hydrogen (secondary N) is 2. The number of benzene rings is 1. The molecule has 1 saturated heterocycles. The van der Waals surface area contributed by atoms with Crippen molar-refractivity contribution in [1.29, 1.82) is 0 Å². The SMILES string of the molecule is Cc1cc(C(=O)NCC2CCCO2)nc(NCCCc2ccccc2)n1. The molecule has 0 radical (unpaired) electrons. The number of ether oxygens (including phenoxy) is 1. The zero-order chi connectivity index (χ0) is 18.2. The van der Waals surface area contributed by atoms with Gasteiger partial charge in [0.15, 0.2) is 0 Å². The van der Waals surface area contributed by atoms with Gasteiger partial charge >= 0.3 is 0 Å². The number of nitrogens with zero attached hydrogens (tertiary/aromatic N) is 2. The molecule has 1 aromatic carbocycles. The first-order valence-electron chi connectivity index (χ1n) is 9.24. The largest absolute Gasteiger partial charge is 0.376 e. The molecule has 2 heterocycles. The minimum atomic E-state index is -0.182. The molecule has 1 aromatic heterocycles. The van der Waals surface area contributed by atoms with E-state index in [4.69, 9.17) is 4.74 Å². The fraction of sp³-hybridized carbons (Fsp3) is 0.450. The number of carbonyl (C=O) groups excluding carboxylic acids is 1. The first-order chi connectivity index (χ1) is 12.7. The summed E-state index contributed by atoms with van der Waals surface area (Å²) in [5.41, 5.74) is 2.47. The monoisotopic (exact) mass is 354 g/mol. The minimum Gasteiger partial charge on any atom is -0.376 e. The van der Waals surface area contributed by atoms with Crippen LogP contribution < -0.4 is 10.6 Å². The van der Waals surface area contributed by atoms with Crippen LogP contribution in [-0.2, 0) is 11.2 Å². The van der Waals surface area contributed by atoms with Gasteiger partial charge in [-0.05, 0) is 44.2 Å². The van der Waals surface area contributed by atoms with Crippen molar-refractivity contribution in [2.75, 3.05) is 25.0 Å². The maximum Gasteiger partial charge on any atom is 0.270 e. The van der Waals surface area contributed by atoms with Crippen LogP contribution in [0.5, 0.6) is 0 Å². The molecule has 2 aromatic rings. The van der Waals surface area contributed by atoms with Crippen molar-refractivity contribution in [2.45, 2.75) is 38.7 Å². The Hall–Kier alpha value is -2.47. The number of amides is 1. The molecule has 0 bridgehead atoms. The van der Waals surface area contributed by atoms with Crippen LogP contribution in [0.1, 0.15) is 41.0 Å². The van der Waals surface area contributed by atoms with Gasteiger partial charge in [0, 0.05) is 25.4 Å². The number of hydrogen-bond acceptors (Lipinski definition) is 5. The van der Waals surface area contributed by atoms with E-state index in [0.29, 0.717) is 18.2 Å².